The third-order valence-corrected chi connectivity index (χ3v) is 5.67. The number of benzene rings is 1. The molecule has 2 N–H and O–H groups in total. The Labute approximate surface area is 122 Å². The number of aliphatic hydroxyl groups excluding tert-OH is 1. The summed E-state index contributed by atoms with van der Waals surface area (Å²) in [5.41, 5.74) is 0.354. The van der Waals surface area contributed by atoms with Crippen molar-refractivity contribution in [3.05, 3.63) is 18.2 Å². The van der Waals surface area contributed by atoms with Crippen LogP contribution < -0.4 is 10.1 Å². The number of amides is 1. The number of rotatable bonds is 3. The summed E-state index contributed by atoms with van der Waals surface area (Å²) in [7, 11) is -3.68. The van der Waals surface area contributed by atoms with E-state index >= 15 is 0 Å². The molecule has 1 atom stereocenters. The monoisotopic (exact) mass is 312 g/mol. The van der Waals surface area contributed by atoms with E-state index in [2.05, 4.69) is 5.32 Å². The van der Waals surface area contributed by atoms with Gasteiger partial charge in [0.2, 0.25) is 10.0 Å². The number of hydrogen-bond donors (Lipinski definition) is 2. The fourth-order valence-electron chi connectivity index (χ4n) is 2.67. The zero-order valence-electron chi connectivity index (χ0n) is 11.3. The maximum Gasteiger partial charge on any atom is 0.262 e. The highest BCUT2D eigenvalue weighted by molar-refractivity contribution is 7.89. The topological polar surface area (TPSA) is 95.9 Å². The molecule has 0 aliphatic carbocycles. The van der Waals surface area contributed by atoms with E-state index in [1.54, 1.807) is 0 Å². The first-order chi connectivity index (χ1) is 10.0. The zero-order chi connectivity index (χ0) is 15.0. The van der Waals surface area contributed by atoms with Crippen LogP contribution in [-0.4, -0.2) is 49.5 Å². The highest BCUT2D eigenvalue weighted by Crippen LogP contribution is 2.33. The molecular weight excluding hydrogens is 296 g/mol. The largest absolute Gasteiger partial charge is 0.482 e. The van der Waals surface area contributed by atoms with Crippen molar-refractivity contribution in [2.45, 2.75) is 23.8 Å². The minimum Gasteiger partial charge on any atom is -0.482 e. The van der Waals surface area contributed by atoms with Crippen molar-refractivity contribution >= 4 is 21.6 Å². The summed E-state index contributed by atoms with van der Waals surface area (Å²) < 4.78 is 31.8. The van der Waals surface area contributed by atoms with Gasteiger partial charge in [-0.05, 0) is 31.0 Å². The van der Waals surface area contributed by atoms with Gasteiger partial charge >= 0.3 is 0 Å². The normalized spacial score (nSPS) is 22.5. The number of anilines is 1. The molecule has 1 fully saturated rings. The van der Waals surface area contributed by atoms with Gasteiger partial charge < -0.3 is 15.2 Å². The average Bonchev–Trinajstić information content (AvgIpc) is 2.95. The minimum atomic E-state index is -3.68. The van der Waals surface area contributed by atoms with E-state index in [1.807, 2.05) is 0 Å². The Morgan fingerprint density at radius 1 is 1.43 bits per heavy atom. The molecule has 1 amide bonds. The van der Waals surface area contributed by atoms with Crippen molar-refractivity contribution < 1.29 is 23.1 Å². The Hall–Kier alpha value is -1.64. The van der Waals surface area contributed by atoms with E-state index in [0.29, 0.717) is 24.4 Å². The molecular formula is C13H16N2O5S. The van der Waals surface area contributed by atoms with Crippen LogP contribution >= 0.6 is 0 Å². The SMILES string of the molecule is O=C1COc2ccc(S(=O)(=O)N3CCC[C@H]3CO)cc2N1. The molecule has 2 aliphatic rings. The second-order valence-corrected chi connectivity index (χ2v) is 6.98. The van der Waals surface area contributed by atoms with Crippen molar-refractivity contribution in [2.75, 3.05) is 25.1 Å². The number of carbonyl (C=O) groups is 1. The number of carbonyl (C=O) groups excluding carboxylic acids is 1. The summed E-state index contributed by atoms with van der Waals surface area (Å²) in [6.07, 6.45) is 1.38. The van der Waals surface area contributed by atoms with Gasteiger partial charge in [0.05, 0.1) is 17.2 Å². The number of aliphatic hydroxyl groups is 1. The van der Waals surface area contributed by atoms with Crippen LogP contribution in [0.1, 0.15) is 12.8 Å². The molecule has 21 heavy (non-hydrogen) atoms. The first kappa shape index (κ1) is 14.3. The number of hydrogen-bond acceptors (Lipinski definition) is 5. The molecule has 0 spiro atoms. The molecule has 1 saturated heterocycles. The minimum absolute atomic E-state index is 0.0716. The fraction of sp³-hybridized carbons (Fsp3) is 0.462. The van der Waals surface area contributed by atoms with Gasteiger partial charge in [-0.15, -0.1) is 0 Å². The van der Waals surface area contributed by atoms with E-state index in [4.69, 9.17) is 4.74 Å². The molecule has 0 aromatic heterocycles. The van der Waals surface area contributed by atoms with Gasteiger partial charge in [0.25, 0.3) is 5.91 Å². The highest BCUT2D eigenvalue weighted by atomic mass is 32.2. The molecule has 2 aliphatic heterocycles. The molecule has 2 heterocycles. The fourth-order valence-corrected chi connectivity index (χ4v) is 4.38. The number of ether oxygens (including phenoxy) is 1. The Bertz CT molecular complexity index is 673. The number of nitrogens with one attached hydrogen (secondary N) is 1. The van der Waals surface area contributed by atoms with Crippen LogP contribution in [0.4, 0.5) is 5.69 Å². The average molecular weight is 312 g/mol. The molecule has 1 aromatic carbocycles. The van der Waals surface area contributed by atoms with Crippen molar-refractivity contribution in [3.63, 3.8) is 0 Å². The molecule has 0 radical (unpaired) electrons. The van der Waals surface area contributed by atoms with E-state index < -0.39 is 10.0 Å². The Morgan fingerprint density at radius 2 is 2.24 bits per heavy atom. The first-order valence-electron chi connectivity index (χ1n) is 6.72. The summed E-state index contributed by atoms with van der Waals surface area (Å²) >= 11 is 0. The van der Waals surface area contributed by atoms with Gasteiger partial charge in [-0.3, -0.25) is 4.79 Å². The predicted octanol–water partition coefficient (Wildman–Crippen LogP) is 0.163. The number of fused-ring (bicyclic) bond motifs is 1. The third-order valence-electron chi connectivity index (χ3n) is 3.72. The lowest BCUT2D eigenvalue weighted by Gasteiger charge is -2.24. The zero-order valence-corrected chi connectivity index (χ0v) is 12.1. The number of sulfonamides is 1. The van der Waals surface area contributed by atoms with Crippen LogP contribution in [0.5, 0.6) is 5.75 Å². The summed E-state index contributed by atoms with van der Waals surface area (Å²) in [5.74, 6) is 0.139. The Balaban J connectivity index is 1.96. The lowest BCUT2D eigenvalue weighted by atomic mass is 10.2. The van der Waals surface area contributed by atoms with Crippen LogP contribution in [0.25, 0.3) is 0 Å². The molecule has 0 saturated carbocycles. The van der Waals surface area contributed by atoms with Crippen LogP contribution in [0, 0.1) is 0 Å². The second kappa shape index (κ2) is 5.28. The van der Waals surface area contributed by atoms with Gasteiger partial charge in [0.1, 0.15) is 5.75 Å². The van der Waals surface area contributed by atoms with E-state index in [1.165, 1.54) is 22.5 Å². The summed E-state index contributed by atoms with van der Waals surface area (Å²) in [6.45, 7) is 0.134. The third kappa shape index (κ3) is 2.50. The van der Waals surface area contributed by atoms with Crippen molar-refractivity contribution in [2.24, 2.45) is 0 Å². The number of nitrogens with zero attached hydrogens (tertiary/aromatic N) is 1. The summed E-state index contributed by atoms with van der Waals surface area (Å²) in [4.78, 5) is 11.4. The Morgan fingerprint density at radius 3 is 3.00 bits per heavy atom. The van der Waals surface area contributed by atoms with Crippen LogP contribution in [-0.2, 0) is 14.8 Å². The van der Waals surface area contributed by atoms with Crippen LogP contribution in [0.2, 0.25) is 0 Å². The molecule has 0 bridgehead atoms. The van der Waals surface area contributed by atoms with Gasteiger partial charge in [-0.1, -0.05) is 0 Å². The molecule has 3 rings (SSSR count). The molecule has 114 valence electrons. The lowest BCUT2D eigenvalue weighted by Crippen LogP contribution is -2.37. The van der Waals surface area contributed by atoms with E-state index in [0.717, 1.165) is 6.42 Å². The maximum atomic E-state index is 12.6. The van der Waals surface area contributed by atoms with Gasteiger partial charge in [0, 0.05) is 12.6 Å². The molecule has 0 unspecified atom stereocenters. The smallest absolute Gasteiger partial charge is 0.262 e. The Kier molecular flexibility index (Phi) is 3.60. The molecule has 7 nitrogen and oxygen atoms in total. The quantitative estimate of drug-likeness (QED) is 0.829. The van der Waals surface area contributed by atoms with E-state index in [9.17, 15) is 18.3 Å². The van der Waals surface area contributed by atoms with Crippen LogP contribution in [0.3, 0.4) is 0 Å². The standard InChI is InChI=1S/C13H16N2O5S/c16-7-9-2-1-5-15(9)21(18,19)10-3-4-12-11(6-10)14-13(17)8-20-12/h3-4,6,9,16H,1-2,5,7-8H2,(H,14,17)/t9-/m0/s1. The van der Waals surface area contributed by atoms with Gasteiger partial charge in [-0.2, -0.15) is 4.31 Å². The van der Waals surface area contributed by atoms with Crippen molar-refractivity contribution in [1.29, 1.82) is 0 Å². The molecule has 8 heteroatoms. The second-order valence-electron chi connectivity index (χ2n) is 5.09. The highest BCUT2D eigenvalue weighted by Gasteiger charge is 2.35. The van der Waals surface area contributed by atoms with Gasteiger partial charge in [-0.25, -0.2) is 8.42 Å². The van der Waals surface area contributed by atoms with Crippen LogP contribution in [0.15, 0.2) is 23.1 Å². The van der Waals surface area contributed by atoms with Crippen molar-refractivity contribution in [3.8, 4) is 5.75 Å². The van der Waals surface area contributed by atoms with E-state index in [-0.39, 0.29) is 30.1 Å². The molecule has 1 aromatic rings. The lowest BCUT2D eigenvalue weighted by molar-refractivity contribution is -0.118. The van der Waals surface area contributed by atoms with Gasteiger partial charge in [0.15, 0.2) is 6.61 Å². The first-order valence-corrected chi connectivity index (χ1v) is 8.16. The van der Waals surface area contributed by atoms with Crippen molar-refractivity contribution in [1.82, 2.24) is 4.31 Å². The predicted molar refractivity (Wildman–Crippen MR) is 74.6 cm³/mol. The summed E-state index contributed by atoms with van der Waals surface area (Å²) in [5, 5.41) is 11.9. The maximum absolute atomic E-state index is 12.6. The summed E-state index contributed by atoms with van der Waals surface area (Å²) in [6, 6.07) is 4.01.